The number of nitrogens with one attached hydrogen (secondary N) is 2. The SMILES string of the molecule is COCCOC1(C(CN[C@H]2CCCNCC2)c2ccccc2)C=CC(Cl)(C(N)=O)C(c2ccccc2)=C1F. The predicted octanol–water partition coefficient (Wildman–Crippen LogP) is 4.32. The topological polar surface area (TPSA) is 85.6 Å². The number of carbonyl (C=O) groups excluding carboxylic acids is 1. The zero-order valence-electron chi connectivity index (χ0n) is 21.8. The zero-order valence-corrected chi connectivity index (χ0v) is 22.6. The monoisotopic (exact) mass is 541 g/mol. The number of ether oxygens (including phenoxy) is 2. The van der Waals surface area contributed by atoms with Gasteiger partial charge in [-0.25, -0.2) is 4.39 Å². The molecule has 2 aromatic carbocycles. The first kappa shape index (κ1) is 28.5. The van der Waals surface area contributed by atoms with E-state index in [9.17, 15) is 4.79 Å². The van der Waals surface area contributed by atoms with Crippen molar-refractivity contribution in [3.63, 3.8) is 0 Å². The Morgan fingerprint density at radius 1 is 1.11 bits per heavy atom. The lowest BCUT2D eigenvalue weighted by Crippen LogP contribution is -2.51. The van der Waals surface area contributed by atoms with Crippen LogP contribution in [0, 0.1) is 0 Å². The smallest absolute Gasteiger partial charge is 0.247 e. The quantitative estimate of drug-likeness (QED) is 0.224. The summed E-state index contributed by atoms with van der Waals surface area (Å²) in [6.45, 7) is 2.79. The van der Waals surface area contributed by atoms with Crippen LogP contribution < -0.4 is 16.4 Å². The highest BCUT2D eigenvalue weighted by molar-refractivity contribution is 6.43. The summed E-state index contributed by atoms with van der Waals surface area (Å²) in [5.74, 6) is -1.95. The highest BCUT2D eigenvalue weighted by atomic mass is 35.5. The number of primary amides is 1. The Labute approximate surface area is 229 Å². The fourth-order valence-corrected chi connectivity index (χ4v) is 5.64. The van der Waals surface area contributed by atoms with E-state index in [0.29, 0.717) is 12.1 Å². The van der Waals surface area contributed by atoms with Crippen LogP contribution in [0.1, 0.15) is 36.3 Å². The predicted molar refractivity (Wildman–Crippen MR) is 150 cm³/mol. The average molecular weight is 542 g/mol. The van der Waals surface area contributed by atoms with Crippen LogP contribution in [0.15, 0.2) is 78.6 Å². The number of methoxy groups -OCH3 is 1. The number of alkyl halides is 1. The van der Waals surface area contributed by atoms with E-state index in [1.807, 2.05) is 36.4 Å². The summed E-state index contributed by atoms with van der Waals surface area (Å²) >= 11 is 6.80. The number of carbonyl (C=O) groups is 1. The van der Waals surface area contributed by atoms with E-state index < -0.39 is 28.1 Å². The third kappa shape index (κ3) is 6.03. The molecule has 1 aliphatic carbocycles. The van der Waals surface area contributed by atoms with Gasteiger partial charge in [0, 0.05) is 31.2 Å². The summed E-state index contributed by atoms with van der Waals surface area (Å²) < 4.78 is 28.9. The molecule has 1 heterocycles. The summed E-state index contributed by atoms with van der Waals surface area (Å²) in [6, 6.07) is 18.9. The van der Waals surface area contributed by atoms with Crippen LogP contribution in [-0.2, 0) is 14.3 Å². The molecule has 0 saturated carbocycles. The molecule has 1 amide bonds. The van der Waals surface area contributed by atoms with Crippen molar-refractivity contribution in [2.24, 2.45) is 5.73 Å². The maximum absolute atomic E-state index is 17.2. The van der Waals surface area contributed by atoms with Gasteiger partial charge in [-0.15, -0.1) is 0 Å². The molecule has 2 aromatic rings. The van der Waals surface area contributed by atoms with Crippen LogP contribution in [0.25, 0.3) is 5.57 Å². The van der Waals surface area contributed by atoms with Gasteiger partial charge < -0.3 is 25.8 Å². The first-order valence-electron chi connectivity index (χ1n) is 13.2. The highest BCUT2D eigenvalue weighted by Gasteiger charge is 2.53. The lowest BCUT2D eigenvalue weighted by Gasteiger charge is -2.43. The van der Waals surface area contributed by atoms with Crippen molar-refractivity contribution in [3.8, 4) is 0 Å². The normalized spacial score (nSPS) is 26.7. The molecular weight excluding hydrogens is 505 g/mol. The molecule has 0 spiro atoms. The minimum absolute atomic E-state index is 0.00628. The molecule has 38 heavy (non-hydrogen) atoms. The van der Waals surface area contributed by atoms with Crippen LogP contribution in [0.2, 0.25) is 0 Å². The van der Waals surface area contributed by atoms with Gasteiger partial charge in [0.15, 0.2) is 4.87 Å². The summed E-state index contributed by atoms with van der Waals surface area (Å²) in [6.07, 6.45) is 6.15. The third-order valence-electron chi connectivity index (χ3n) is 7.44. The van der Waals surface area contributed by atoms with Gasteiger partial charge in [0.1, 0.15) is 11.4 Å². The van der Waals surface area contributed by atoms with Crippen molar-refractivity contribution >= 4 is 23.1 Å². The number of halogens is 2. The molecular formula is C30H37ClFN3O3. The van der Waals surface area contributed by atoms with Gasteiger partial charge in [-0.2, -0.15) is 0 Å². The number of benzene rings is 2. The van der Waals surface area contributed by atoms with Crippen LogP contribution in [0.5, 0.6) is 0 Å². The van der Waals surface area contributed by atoms with Crippen molar-refractivity contribution < 1.29 is 18.7 Å². The van der Waals surface area contributed by atoms with Gasteiger partial charge in [0.25, 0.3) is 0 Å². The molecule has 8 heteroatoms. The van der Waals surface area contributed by atoms with Crippen molar-refractivity contribution in [2.45, 2.75) is 41.7 Å². The van der Waals surface area contributed by atoms with Crippen LogP contribution >= 0.6 is 11.6 Å². The minimum Gasteiger partial charge on any atom is -0.382 e. The molecule has 1 saturated heterocycles. The zero-order chi connectivity index (χ0) is 27.0. The highest BCUT2D eigenvalue weighted by Crippen LogP contribution is 2.51. The standard InChI is InChI=1S/C30H37ClFN3O3/c1-37-19-20-38-30(16-15-29(31,28(33)36)26(27(30)32)23-11-6-3-7-12-23)25(22-9-4-2-5-10-22)21-35-24-13-8-17-34-18-14-24/h2-7,9-12,15-16,24-25,34-35H,8,13-14,17-21H2,1H3,(H2,33,36)/t24-,25?,29?,30?/m0/s1. The van der Waals surface area contributed by atoms with E-state index >= 15 is 4.39 Å². The van der Waals surface area contributed by atoms with E-state index in [0.717, 1.165) is 37.9 Å². The van der Waals surface area contributed by atoms with E-state index in [4.69, 9.17) is 26.8 Å². The molecule has 0 radical (unpaired) electrons. The molecule has 4 rings (SSSR count). The van der Waals surface area contributed by atoms with Gasteiger partial charge >= 0.3 is 0 Å². The first-order valence-corrected chi connectivity index (χ1v) is 13.6. The van der Waals surface area contributed by atoms with Crippen molar-refractivity contribution in [1.29, 1.82) is 0 Å². The van der Waals surface area contributed by atoms with Crippen molar-refractivity contribution in [1.82, 2.24) is 10.6 Å². The minimum atomic E-state index is -1.86. The Morgan fingerprint density at radius 3 is 2.50 bits per heavy atom. The van der Waals surface area contributed by atoms with E-state index in [1.165, 1.54) is 6.08 Å². The second kappa shape index (κ2) is 13.0. The first-order chi connectivity index (χ1) is 18.4. The maximum atomic E-state index is 17.2. The van der Waals surface area contributed by atoms with Gasteiger partial charge in [-0.1, -0.05) is 78.3 Å². The van der Waals surface area contributed by atoms with Crippen molar-refractivity contribution in [3.05, 3.63) is 89.8 Å². The van der Waals surface area contributed by atoms with Gasteiger partial charge in [-0.05, 0) is 49.6 Å². The van der Waals surface area contributed by atoms with Crippen LogP contribution in [0.4, 0.5) is 4.39 Å². The molecule has 1 fully saturated rings. The van der Waals surface area contributed by atoms with E-state index in [1.54, 1.807) is 37.5 Å². The molecule has 0 bridgehead atoms. The number of rotatable bonds is 11. The summed E-state index contributed by atoms with van der Waals surface area (Å²) in [4.78, 5) is 10.8. The van der Waals surface area contributed by atoms with E-state index in [2.05, 4.69) is 10.6 Å². The van der Waals surface area contributed by atoms with Gasteiger partial charge in [0.05, 0.1) is 13.2 Å². The Kier molecular flexibility index (Phi) is 9.74. The third-order valence-corrected chi connectivity index (χ3v) is 7.94. The second-order valence-corrected chi connectivity index (χ2v) is 10.4. The van der Waals surface area contributed by atoms with Crippen LogP contribution in [-0.4, -0.2) is 62.4 Å². The number of hydrogen-bond donors (Lipinski definition) is 3. The Bertz CT molecular complexity index is 1120. The molecule has 6 nitrogen and oxygen atoms in total. The van der Waals surface area contributed by atoms with Gasteiger partial charge in [-0.3, -0.25) is 4.79 Å². The maximum Gasteiger partial charge on any atom is 0.247 e. The van der Waals surface area contributed by atoms with Crippen LogP contribution in [0.3, 0.4) is 0 Å². The Hall–Kier alpha value is -2.55. The molecule has 0 aromatic heterocycles. The number of hydrogen-bond acceptors (Lipinski definition) is 5. The summed E-state index contributed by atoms with van der Waals surface area (Å²) in [5, 5.41) is 7.13. The molecule has 2 aliphatic rings. The molecule has 4 atom stereocenters. The fraction of sp³-hybridized carbons (Fsp3) is 0.433. The summed E-state index contributed by atoms with van der Waals surface area (Å²) in [5.41, 5.74) is 5.59. The molecule has 4 N–H and O–H groups in total. The largest absolute Gasteiger partial charge is 0.382 e. The number of nitrogens with two attached hydrogens (primary N) is 1. The summed E-state index contributed by atoms with van der Waals surface area (Å²) in [7, 11) is 1.57. The molecule has 1 aliphatic heterocycles. The van der Waals surface area contributed by atoms with Crippen molar-refractivity contribution in [2.75, 3.05) is 40.0 Å². The average Bonchev–Trinajstić information content (AvgIpc) is 3.21. The fourth-order valence-electron chi connectivity index (χ4n) is 5.38. The number of amides is 1. The second-order valence-electron chi connectivity index (χ2n) is 9.85. The Morgan fingerprint density at radius 2 is 1.82 bits per heavy atom. The van der Waals surface area contributed by atoms with Gasteiger partial charge in [0.2, 0.25) is 5.91 Å². The molecule has 3 unspecified atom stereocenters. The Balaban J connectivity index is 1.85. The van der Waals surface area contributed by atoms with E-state index in [-0.39, 0.29) is 24.8 Å². The molecule has 204 valence electrons. The lowest BCUT2D eigenvalue weighted by molar-refractivity contribution is -0.118. The lowest BCUT2D eigenvalue weighted by atomic mass is 9.72.